The quantitative estimate of drug-likeness (QED) is 0.171. The molecule has 3 N–H and O–H groups in total. The first-order valence-electron chi connectivity index (χ1n) is 12.4. The summed E-state index contributed by atoms with van der Waals surface area (Å²) in [6, 6.07) is 7.71. The number of imidazole rings is 1. The number of aliphatic hydroxyl groups excluding tert-OH is 1. The number of esters is 1. The first-order chi connectivity index (χ1) is 19.0. The maximum atomic E-state index is 16.2. The van der Waals surface area contributed by atoms with Crippen molar-refractivity contribution in [3.63, 3.8) is 0 Å². The number of aryl methyl sites for hydroxylation is 1. The van der Waals surface area contributed by atoms with Crippen molar-refractivity contribution in [1.29, 1.82) is 0 Å². The van der Waals surface area contributed by atoms with Gasteiger partial charge in [0.15, 0.2) is 23.2 Å². The van der Waals surface area contributed by atoms with Crippen molar-refractivity contribution in [2.75, 3.05) is 25.6 Å². The van der Waals surface area contributed by atoms with Gasteiger partial charge in [-0.3, -0.25) is 9.36 Å². The number of carbonyl (C=O) groups is 1. The summed E-state index contributed by atoms with van der Waals surface area (Å²) in [4.78, 5) is 25.2. The minimum Gasteiger partial charge on any atom is -0.465 e. The van der Waals surface area contributed by atoms with Gasteiger partial charge in [0.05, 0.1) is 19.5 Å². The molecule has 3 aromatic rings. The molecule has 0 radical (unpaired) electrons. The third kappa shape index (κ3) is 5.95. The van der Waals surface area contributed by atoms with Crippen LogP contribution in [0, 0.1) is 19.3 Å². The van der Waals surface area contributed by atoms with Gasteiger partial charge < -0.3 is 28.9 Å². The van der Waals surface area contributed by atoms with Crippen LogP contribution in [0.15, 0.2) is 36.7 Å². The summed E-state index contributed by atoms with van der Waals surface area (Å²) < 4.78 is 40.4. The molecule has 1 aliphatic heterocycles. The van der Waals surface area contributed by atoms with Crippen molar-refractivity contribution in [1.82, 2.24) is 24.6 Å². The molecule has 3 heterocycles. The number of hydrogen-bond donors (Lipinski definition) is 3. The zero-order valence-electron chi connectivity index (χ0n) is 22.3. The molecule has 12 nitrogen and oxygen atoms in total. The largest absolute Gasteiger partial charge is 0.465 e. The molecule has 0 unspecified atom stereocenters. The number of nitrogens with zero attached hydrogens (tertiary/aromatic N) is 4. The summed E-state index contributed by atoms with van der Waals surface area (Å²) in [5.41, 5.74) is -2.04. The minimum atomic E-state index is -3.47. The van der Waals surface area contributed by atoms with Crippen LogP contribution in [-0.4, -0.2) is 74.8 Å². The van der Waals surface area contributed by atoms with Gasteiger partial charge in [-0.05, 0) is 44.7 Å². The van der Waals surface area contributed by atoms with Crippen molar-refractivity contribution < 1.29 is 32.8 Å². The van der Waals surface area contributed by atoms with Crippen LogP contribution in [0.25, 0.3) is 11.2 Å². The van der Waals surface area contributed by atoms with E-state index in [2.05, 4.69) is 25.4 Å². The van der Waals surface area contributed by atoms with Gasteiger partial charge in [0.25, 0.3) is 0 Å². The topological polar surface area (TPSA) is 142 Å². The smallest absolute Gasteiger partial charge is 0.323 e. The SMILES string of the molecule is C#C[C@@]1(F)[C@H](O)[C@@H](CO[P@](=S)(N[C@H](C)C(=O)OCC)Oc2ccccc2)O[C@H]1n1cnc2c(NC)nc(C)nc21. The van der Waals surface area contributed by atoms with Crippen LogP contribution in [0.5, 0.6) is 5.75 Å². The number of nitrogens with one attached hydrogen (secondary N) is 2. The Morgan fingerprint density at radius 1 is 1.40 bits per heavy atom. The molecule has 0 bridgehead atoms. The summed E-state index contributed by atoms with van der Waals surface area (Å²) >= 11 is 5.67. The van der Waals surface area contributed by atoms with E-state index in [-0.39, 0.29) is 12.3 Å². The van der Waals surface area contributed by atoms with E-state index in [1.807, 2.05) is 5.92 Å². The number of benzene rings is 1. The summed E-state index contributed by atoms with van der Waals surface area (Å²) in [6.07, 6.45) is 2.32. The molecule has 214 valence electrons. The Labute approximate surface area is 235 Å². The highest BCUT2D eigenvalue weighted by Gasteiger charge is 2.58. The fraction of sp³-hybridized carbons (Fsp3) is 0.440. The molecule has 0 spiro atoms. The van der Waals surface area contributed by atoms with E-state index in [1.165, 1.54) is 10.9 Å². The van der Waals surface area contributed by atoms with Gasteiger partial charge >= 0.3 is 12.6 Å². The number of aliphatic hydroxyl groups is 1. The second-order valence-corrected chi connectivity index (χ2v) is 12.0. The van der Waals surface area contributed by atoms with E-state index in [1.54, 1.807) is 58.2 Å². The van der Waals surface area contributed by atoms with Crippen LogP contribution < -0.4 is 14.9 Å². The number of hydrogen-bond acceptors (Lipinski definition) is 11. The zero-order chi connectivity index (χ0) is 29.1. The second-order valence-electron chi connectivity index (χ2n) is 8.88. The minimum absolute atomic E-state index is 0.172. The number of halogens is 1. The summed E-state index contributed by atoms with van der Waals surface area (Å²) in [7, 11) is 1.67. The van der Waals surface area contributed by atoms with Gasteiger partial charge in [0, 0.05) is 7.05 Å². The molecule has 1 aliphatic rings. The molecule has 4 rings (SSSR count). The van der Waals surface area contributed by atoms with Gasteiger partial charge in [-0.1, -0.05) is 24.1 Å². The predicted octanol–water partition coefficient (Wildman–Crippen LogP) is 2.64. The third-order valence-electron chi connectivity index (χ3n) is 6.06. The Hall–Kier alpha value is -3.18. The van der Waals surface area contributed by atoms with E-state index < -0.39 is 49.4 Å². The lowest BCUT2D eigenvalue weighted by molar-refractivity contribution is -0.144. The first-order valence-corrected chi connectivity index (χ1v) is 15.0. The lowest BCUT2D eigenvalue weighted by atomic mass is 9.97. The zero-order valence-corrected chi connectivity index (χ0v) is 24.0. The monoisotopic (exact) mass is 592 g/mol. The van der Waals surface area contributed by atoms with Crippen molar-refractivity contribution in [3.8, 4) is 18.1 Å². The summed E-state index contributed by atoms with van der Waals surface area (Å²) in [5, 5.41) is 16.8. The Bertz CT molecular complexity index is 1450. The van der Waals surface area contributed by atoms with Crippen LogP contribution in [0.1, 0.15) is 25.9 Å². The molecule has 0 amide bonds. The number of aromatic nitrogens is 4. The van der Waals surface area contributed by atoms with E-state index in [0.29, 0.717) is 22.9 Å². The van der Waals surface area contributed by atoms with E-state index >= 15 is 4.39 Å². The molecule has 40 heavy (non-hydrogen) atoms. The fourth-order valence-electron chi connectivity index (χ4n) is 4.12. The second kappa shape index (κ2) is 12.1. The fourth-order valence-corrected chi connectivity index (χ4v) is 6.54. The molecular weight excluding hydrogens is 562 g/mol. The highest BCUT2D eigenvalue weighted by atomic mass is 32.5. The highest BCUT2D eigenvalue weighted by molar-refractivity contribution is 8.09. The average molecular weight is 593 g/mol. The normalized spacial score (nSPS) is 24.7. The van der Waals surface area contributed by atoms with Gasteiger partial charge in [-0.15, -0.1) is 6.42 Å². The third-order valence-corrected chi connectivity index (χ3v) is 8.56. The summed E-state index contributed by atoms with van der Waals surface area (Å²) in [5.74, 6) is 2.69. The van der Waals surface area contributed by atoms with E-state index in [0.717, 1.165) is 0 Å². The molecule has 1 aromatic carbocycles. The van der Waals surface area contributed by atoms with Crippen molar-refractivity contribution in [3.05, 3.63) is 42.5 Å². The lowest BCUT2D eigenvalue weighted by Crippen LogP contribution is -2.42. The molecule has 1 fully saturated rings. The van der Waals surface area contributed by atoms with Gasteiger partial charge in [-0.25, -0.2) is 24.4 Å². The molecular formula is C25H30FN6O6PS. The number of carbonyl (C=O) groups excluding carboxylic acids is 1. The van der Waals surface area contributed by atoms with Crippen molar-refractivity contribution in [2.45, 2.75) is 50.9 Å². The Balaban J connectivity index is 1.60. The predicted molar refractivity (Wildman–Crippen MR) is 149 cm³/mol. The number of fused-ring (bicyclic) bond motifs is 1. The van der Waals surface area contributed by atoms with Crippen LogP contribution >= 0.6 is 6.64 Å². The Morgan fingerprint density at radius 2 is 2.12 bits per heavy atom. The molecule has 2 aromatic heterocycles. The maximum Gasteiger partial charge on any atom is 0.323 e. The molecule has 6 atom stereocenters. The Kier molecular flexibility index (Phi) is 9.04. The number of terminal acetylenes is 1. The van der Waals surface area contributed by atoms with Gasteiger partial charge in [0.1, 0.15) is 29.8 Å². The molecule has 0 saturated carbocycles. The molecule has 1 saturated heterocycles. The first kappa shape index (κ1) is 29.8. The average Bonchev–Trinajstić information content (AvgIpc) is 3.46. The van der Waals surface area contributed by atoms with Crippen LogP contribution in [0.4, 0.5) is 10.2 Å². The van der Waals surface area contributed by atoms with Crippen molar-refractivity contribution in [2.24, 2.45) is 0 Å². The van der Waals surface area contributed by atoms with Gasteiger partial charge in [-0.2, -0.15) is 0 Å². The van der Waals surface area contributed by atoms with Crippen LogP contribution in [-0.2, 0) is 30.6 Å². The van der Waals surface area contributed by atoms with Crippen LogP contribution in [0.3, 0.4) is 0 Å². The Morgan fingerprint density at radius 3 is 2.77 bits per heavy atom. The summed E-state index contributed by atoms with van der Waals surface area (Å²) in [6.45, 7) is 1.18. The number of ether oxygens (including phenoxy) is 2. The number of rotatable bonds is 11. The number of alkyl halides is 1. The standard InChI is InChI=1S/C25H30FN6O6PS/c1-6-25(26)20(33)18(37-24(25)32-14-28-19-21(27-5)29-16(4)30-22(19)32)13-36-39(40,31-15(3)23(34)35-7-2)38-17-11-9-8-10-12-17/h1,8-12,14-15,18,20,24,33H,7,13H2,2-5H3,(H,31,40)(H,27,29,30)/t15-,18-,20-,24-,25-,39-/m1/s1. The number of anilines is 1. The van der Waals surface area contributed by atoms with Crippen LogP contribution in [0.2, 0.25) is 0 Å². The highest BCUT2D eigenvalue weighted by Crippen LogP contribution is 2.48. The number of para-hydroxylation sites is 1. The molecule has 0 aliphatic carbocycles. The van der Waals surface area contributed by atoms with E-state index in [4.69, 9.17) is 36.8 Å². The van der Waals surface area contributed by atoms with E-state index in [9.17, 15) is 9.90 Å². The lowest BCUT2D eigenvalue weighted by Gasteiger charge is -2.27. The maximum absolute atomic E-state index is 16.2. The molecule has 15 heteroatoms. The van der Waals surface area contributed by atoms with Crippen molar-refractivity contribution >= 4 is 41.4 Å². The van der Waals surface area contributed by atoms with Gasteiger partial charge in [0.2, 0.25) is 5.67 Å².